The topological polar surface area (TPSA) is 104 Å². The van der Waals surface area contributed by atoms with Crippen LogP contribution >= 0.6 is 0 Å². The number of benzene rings is 2. The Kier molecular flexibility index (Phi) is 5.23. The number of aliphatic hydroxyl groups is 2. The van der Waals surface area contributed by atoms with E-state index in [1.54, 1.807) is 38.1 Å². The molecule has 0 aliphatic carbocycles. The molecule has 0 bridgehead atoms. The lowest BCUT2D eigenvalue weighted by Crippen LogP contribution is -2.49. The Bertz CT molecular complexity index is 1030. The van der Waals surface area contributed by atoms with E-state index in [1.807, 2.05) is 0 Å². The van der Waals surface area contributed by atoms with Crippen LogP contribution in [0.4, 0.5) is 0 Å². The quantitative estimate of drug-likeness (QED) is 0.763. The number of rotatable bonds is 4. The first kappa shape index (κ1) is 21.3. The first-order valence-corrected chi connectivity index (χ1v) is 9.92. The van der Waals surface area contributed by atoms with Gasteiger partial charge in [-0.15, -0.1) is 0 Å². The molecule has 2 N–H and O–H groups in total. The van der Waals surface area contributed by atoms with E-state index >= 15 is 0 Å². The van der Waals surface area contributed by atoms with Crippen molar-refractivity contribution in [1.29, 1.82) is 0 Å². The van der Waals surface area contributed by atoms with Crippen molar-refractivity contribution < 1.29 is 38.7 Å². The van der Waals surface area contributed by atoms with E-state index in [-0.39, 0.29) is 23.7 Å². The maximum atomic E-state index is 13.4. The molecule has 2 aromatic carbocycles. The SMILES string of the molecule is COc1cc(OC)c(C2COc3c(ccc4c3[C@H](O)[C@H](O)C(C)(C)O4)C2=O)cc1OC. The van der Waals surface area contributed by atoms with E-state index in [0.29, 0.717) is 34.1 Å². The Hall–Kier alpha value is -2.97. The standard InChI is InChI=1S/C23H26O8/c1-23(2)22(26)20(25)18-14(31-23)7-6-11-19(24)13(10-30-21(11)18)12-8-16(28-4)17(29-5)9-15(12)27-3/h6-9,13,20,22,25-26H,10H2,1-5H3/t13?,20-,22-/m0/s1. The van der Waals surface area contributed by atoms with Gasteiger partial charge in [0.15, 0.2) is 17.3 Å². The number of hydrogen-bond acceptors (Lipinski definition) is 8. The fourth-order valence-electron chi connectivity index (χ4n) is 4.17. The number of carbonyl (C=O) groups is 1. The van der Waals surface area contributed by atoms with E-state index in [9.17, 15) is 15.0 Å². The van der Waals surface area contributed by atoms with Crippen LogP contribution in [0, 0.1) is 0 Å². The summed E-state index contributed by atoms with van der Waals surface area (Å²) in [6, 6.07) is 6.62. The first-order valence-electron chi connectivity index (χ1n) is 9.92. The highest BCUT2D eigenvalue weighted by molar-refractivity contribution is 6.05. The third kappa shape index (κ3) is 3.26. The van der Waals surface area contributed by atoms with Gasteiger partial charge in [0.1, 0.15) is 41.7 Å². The Morgan fingerprint density at radius 2 is 1.65 bits per heavy atom. The fraction of sp³-hybridized carbons (Fsp3) is 0.435. The maximum Gasteiger partial charge on any atom is 0.177 e. The fourth-order valence-corrected chi connectivity index (χ4v) is 4.17. The lowest BCUT2D eigenvalue weighted by Gasteiger charge is -2.41. The van der Waals surface area contributed by atoms with Gasteiger partial charge >= 0.3 is 0 Å². The molecule has 0 aromatic heterocycles. The maximum absolute atomic E-state index is 13.4. The highest BCUT2D eigenvalue weighted by Crippen LogP contribution is 2.49. The number of ketones is 1. The third-order valence-corrected chi connectivity index (χ3v) is 5.92. The number of carbonyl (C=O) groups excluding carboxylic acids is 1. The van der Waals surface area contributed by atoms with E-state index in [0.717, 1.165) is 0 Å². The predicted octanol–water partition coefficient (Wildman–Crippen LogP) is 2.64. The number of methoxy groups -OCH3 is 3. The zero-order valence-electron chi connectivity index (χ0n) is 18.1. The molecule has 4 rings (SSSR count). The minimum Gasteiger partial charge on any atom is -0.496 e. The van der Waals surface area contributed by atoms with E-state index in [1.165, 1.54) is 21.3 Å². The number of Topliss-reactive ketones (excluding diaryl/α,β-unsaturated/α-hetero) is 1. The number of ether oxygens (including phenoxy) is 5. The number of fused-ring (bicyclic) bond motifs is 3. The normalized spacial score (nSPS) is 23.7. The molecule has 0 amide bonds. The van der Waals surface area contributed by atoms with Gasteiger partial charge < -0.3 is 33.9 Å². The van der Waals surface area contributed by atoms with Gasteiger partial charge in [0.2, 0.25) is 0 Å². The summed E-state index contributed by atoms with van der Waals surface area (Å²) >= 11 is 0. The zero-order chi connectivity index (χ0) is 22.5. The molecule has 2 aromatic rings. The molecule has 0 fully saturated rings. The van der Waals surface area contributed by atoms with Crippen molar-refractivity contribution in [3.63, 3.8) is 0 Å². The molecule has 0 spiro atoms. The van der Waals surface area contributed by atoms with Crippen LogP contribution in [0.1, 0.15) is 47.4 Å². The van der Waals surface area contributed by atoms with E-state index in [2.05, 4.69) is 0 Å². The predicted molar refractivity (Wildman–Crippen MR) is 111 cm³/mol. The molecule has 0 saturated carbocycles. The molecule has 31 heavy (non-hydrogen) atoms. The smallest absolute Gasteiger partial charge is 0.177 e. The highest BCUT2D eigenvalue weighted by Gasteiger charge is 2.46. The van der Waals surface area contributed by atoms with Crippen molar-refractivity contribution in [2.75, 3.05) is 27.9 Å². The van der Waals surface area contributed by atoms with Crippen LogP contribution < -0.4 is 23.7 Å². The van der Waals surface area contributed by atoms with Gasteiger partial charge in [-0.25, -0.2) is 0 Å². The van der Waals surface area contributed by atoms with E-state index in [4.69, 9.17) is 23.7 Å². The lowest BCUT2D eigenvalue weighted by atomic mass is 9.83. The summed E-state index contributed by atoms with van der Waals surface area (Å²) in [5.74, 6) is 1.21. The average molecular weight is 430 g/mol. The number of hydrogen-bond donors (Lipinski definition) is 2. The minimum atomic E-state index is -1.24. The van der Waals surface area contributed by atoms with Crippen LogP contribution in [0.5, 0.6) is 28.7 Å². The van der Waals surface area contributed by atoms with Crippen molar-refractivity contribution in [2.24, 2.45) is 0 Å². The van der Waals surface area contributed by atoms with Crippen LogP contribution in [0.15, 0.2) is 24.3 Å². The number of aliphatic hydroxyl groups excluding tert-OH is 2. The monoisotopic (exact) mass is 430 g/mol. The van der Waals surface area contributed by atoms with Crippen LogP contribution in [0.25, 0.3) is 0 Å². The van der Waals surface area contributed by atoms with Gasteiger partial charge in [-0.1, -0.05) is 0 Å². The van der Waals surface area contributed by atoms with Crippen molar-refractivity contribution in [1.82, 2.24) is 0 Å². The van der Waals surface area contributed by atoms with Gasteiger partial charge in [0.25, 0.3) is 0 Å². The summed E-state index contributed by atoms with van der Waals surface area (Å²) in [4.78, 5) is 13.4. The molecular weight excluding hydrogens is 404 g/mol. The summed E-state index contributed by atoms with van der Waals surface area (Å²) in [6.07, 6.45) is -2.41. The molecule has 0 saturated heterocycles. The van der Waals surface area contributed by atoms with Crippen LogP contribution in [-0.4, -0.2) is 55.6 Å². The first-order chi connectivity index (χ1) is 14.7. The summed E-state index contributed by atoms with van der Waals surface area (Å²) in [6.45, 7) is 3.41. The second-order valence-electron chi connectivity index (χ2n) is 8.13. The van der Waals surface area contributed by atoms with E-state index < -0.39 is 23.7 Å². The lowest BCUT2D eigenvalue weighted by molar-refractivity contribution is -0.112. The molecule has 2 aliphatic heterocycles. The Balaban J connectivity index is 1.78. The largest absolute Gasteiger partial charge is 0.496 e. The van der Waals surface area contributed by atoms with Crippen molar-refractivity contribution in [2.45, 2.75) is 37.6 Å². The average Bonchev–Trinajstić information content (AvgIpc) is 2.76. The Labute approximate surface area is 180 Å². The third-order valence-electron chi connectivity index (χ3n) is 5.92. The Morgan fingerprint density at radius 1 is 1.00 bits per heavy atom. The van der Waals surface area contributed by atoms with Gasteiger partial charge in [-0.2, -0.15) is 0 Å². The second kappa shape index (κ2) is 7.62. The Morgan fingerprint density at radius 3 is 2.29 bits per heavy atom. The second-order valence-corrected chi connectivity index (χ2v) is 8.13. The van der Waals surface area contributed by atoms with Gasteiger partial charge in [-0.05, 0) is 32.0 Å². The zero-order valence-corrected chi connectivity index (χ0v) is 18.1. The molecule has 2 heterocycles. The highest BCUT2D eigenvalue weighted by atomic mass is 16.5. The van der Waals surface area contributed by atoms with Crippen LogP contribution in [0.2, 0.25) is 0 Å². The molecule has 2 aliphatic rings. The molecule has 8 heteroatoms. The van der Waals surface area contributed by atoms with Gasteiger partial charge in [-0.3, -0.25) is 4.79 Å². The molecular formula is C23H26O8. The molecule has 8 nitrogen and oxygen atoms in total. The summed E-state index contributed by atoms with van der Waals surface area (Å²) in [7, 11) is 4.55. The van der Waals surface area contributed by atoms with Gasteiger partial charge in [0.05, 0.1) is 38.4 Å². The summed E-state index contributed by atoms with van der Waals surface area (Å²) < 4.78 is 28.0. The van der Waals surface area contributed by atoms with Gasteiger partial charge in [0, 0.05) is 11.6 Å². The summed E-state index contributed by atoms with van der Waals surface area (Å²) in [5, 5.41) is 21.2. The molecule has 3 atom stereocenters. The molecule has 1 unspecified atom stereocenters. The minimum absolute atomic E-state index is 0.0281. The van der Waals surface area contributed by atoms with Crippen LogP contribution in [-0.2, 0) is 0 Å². The molecule has 0 radical (unpaired) electrons. The van der Waals surface area contributed by atoms with Crippen molar-refractivity contribution >= 4 is 5.78 Å². The van der Waals surface area contributed by atoms with Crippen molar-refractivity contribution in [3.05, 3.63) is 41.0 Å². The van der Waals surface area contributed by atoms with Crippen molar-refractivity contribution in [3.8, 4) is 28.7 Å². The van der Waals surface area contributed by atoms with Crippen LogP contribution in [0.3, 0.4) is 0 Å². The summed E-state index contributed by atoms with van der Waals surface area (Å²) in [5.41, 5.74) is 0.220. The molecule has 166 valence electrons.